The number of pyridine rings is 1. The lowest BCUT2D eigenvalue weighted by Gasteiger charge is -2.09. The zero-order valence-corrected chi connectivity index (χ0v) is 11.1. The van der Waals surface area contributed by atoms with E-state index < -0.39 is 5.91 Å². The Kier molecular flexibility index (Phi) is 4.05. The lowest BCUT2D eigenvalue weighted by Crippen LogP contribution is -2.14. The van der Waals surface area contributed by atoms with Crippen LogP contribution >= 0.6 is 0 Å². The standard InChI is InChI=1S/C14H16N4O2/c1-20-13-6-9(4-5-17-13)8-18-10-2-3-12(15)11(7-10)14(16)19/h2-7,18H,8,15H2,1H3,(H2,16,19). The van der Waals surface area contributed by atoms with Crippen LogP contribution in [0, 0.1) is 0 Å². The van der Waals surface area contributed by atoms with Gasteiger partial charge in [0.05, 0.1) is 12.7 Å². The van der Waals surface area contributed by atoms with Crippen molar-refractivity contribution in [1.29, 1.82) is 0 Å². The van der Waals surface area contributed by atoms with Gasteiger partial charge in [0.1, 0.15) is 0 Å². The fourth-order valence-corrected chi connectivity index (χ4v) is 1.76. The van der Waals surface area contributed by atoms with Crippen molar-refractivity contribution in [3.05, 3.63) is 47.7 Å². The van der Waals surface area contributed by atoms with Gasteiger partial charge in [-0.15, -0.1) is 0 Å². The van der Waals surface area contributed by atoms with Crippen molar-refractivity contribution >= 4 is 17.3 Å². The first-order valence-electron chi connectivity index (χ1n) is 6.02. The maximum atomic E-state index is 11.2. The predicted octanol–water partition coefficient (Wildman–Crippen LogP) is 1.38. The van der Waals surface area contributed by atoms with E-state index in [1.165, 1.54) is 0 Å². The Hall–Kier alpha value is -2.76. The van der Waals surface area contributed by atoms with Gasteiger partial charge in [-0.25, -0.2) is 4.98 Å². The number of nitrogens with two attached hydrogens (primary N) is 2. The molecule has 20 heavy (non-hydrogen) atoms. The maximum absolute atomic E-state index is 11.2. The quantitative estimate of drug-likeness (QED) is 0.713. The molecule has 1 aromatic heterocycles. The average Bonchev–Trinajstić information content (AvgIpc) is 2.46. The molecule has 104 valence electrons. The van der Waals surface area contributed by atoms with Crippen LogP contribution in [0.1, 0.15) is 15.9 Å². The zero-order valence-electron chi connectivity index (χ0n) is 11.1. The largest absolute Gasteiger partial charge is 0.481 e. The molecule has 0 fully saturated rings. The molecule has 0 atom stereocenters. The number of nitrogens with zero attached hydrogens (tertiary/aromatic N) is 1. The highest BCUT2D eigenvalue weighted by Crippen LogP contribution is 2.18. The summed E-state index contributed by atoms with van der Waals surface area (Å²) in [6.45, 7) is 0.570. The van der Waals surface area contributed by atoms with E-state index in [1.807, 2.05) is 12.1 Å². The number of carbonyl (C=O) groups is 1. The Morgan fingerprint density at radius 1 is 1.35 bits per heavy atom. The molecular formula is C14H16N4O2. The third kappa shape index (κ3) is 3.17. The molecule has 1 heterocycles. The van der Waals surface area contributed by atoms with Crippen LogP contribution in [0.2, 0.25) is 0 Å². The second-order valence-electron chi connectivity index (χ2n) is 4.23. The summed E-state index contributed by atoms with van der Waals surface area (Å²) >= 11 is 0. The van der Waals surface area contributed by atoms with Crippen LogP contribution in [0.25, 0.3) is 0 Å². The smallest absolute Gasteiger partial charge is 0.250 e. The van der Waals surface area contributed by atoms with Crippen molar-refractivity contribution in [2.45, 2.75) is 6.54 Å². The van der Waals surface area contributed by atoms with E-state index in [1.54, 1.807) is 31.5 Å². The topological polar surface area (TPSA) is 103 Å². The summed E-state index contributed by atoms with van der Waals surface area (Å²) in [6.07, 6.45) is 1.67. The Morgan fingerprint density at radius 2 is 2.15 bits per heavy atom. The summed E-state index contributed by atoms with van der Waals surface area (Å²) in [5.41, 5.74) is 13.4. The van der Waals surface area contributed by atoms with E-state index in [9.17, 15) is 4.79 Å². The van der Waals surface area contributed by atoms with Crippen LogP contribution in [0.15, 0.2) is 36.5 Å². The fraction of sp³-hybridized carbons (Fsp3) is 0.143. The van der Waals surface area contributed by atoms with Crippen LogP contribution in [-0.2, 0) is 6.54 Å². The van der Waals surface area contributed by atoms with Gasteiger partial charge in [0, 0.05) is 30.2 Å². The molecule has 6 nitrogen and oxygen atoms in total. The number of primary amides is 1. The van der Waals surface area contributed by atoms with Crippen molar-refractivity contribution in [3.8, 4) is 5.88 Å². The molecule has 2 aromatic rings. The van der Waals surface area contributed by atoms with Crippen LogP contribution in [-0.4, -0.2) is 18.0 Å². The van der Waals surface area contributed by atoms with Gasteiger partial charge in [-0.3, -0.25) is 4.79 Å². The van der Waals surface area contributed by atoms with Crippen molar-refractivity contribution in [2.75, 3.05) is 18.2 Å². The SMILES string of the molecule is COc1cc(CNc2ccc(N)c(C(N)=O)c2)ccn1. The van der Waals surface area contributed by atoms with Crippen molar-refractivity contribution < 1.29 is 9.53 Å². The minimum absolute atomic E-state index is 0.308. The molecule has 0 saturated carbocycles. The number of methoxy groups -OCH3 is 1. The van der Waals surface area contributed by atoms with Crippen LogP contribution < -0.4 is 21.5 Å². The maximum Gasteiger partial charge on any atom is 0.250 e. The van der Waals surface area contributed by atoms with Gasteiger partial charge >= 0.3 is 0 Å². The van der Waals surface area contributed by atoms with E-state index >= 15 is 0 Å². The van der Waals surface area contributed by atoms with Gasteiger partial charge in [0.15, 0.2) is 0 Å². The highest BCUT2D eigenvalue weighted by atomic mass is 16.5. The minimum Gasteiger partial charge on any atom is -0.481 e. The van der Waals surface area contributed by atoms with E-state index in [-0.39, 0.29) is 0 Å². The Labute approximate surface area is 116 Å². The molecule has 0 radical (unpaired) electrons. The summed E-state index contributed by atoms with van der Waals surface area (Å²) in [6, 6.07) is 8.78. The zero-order chi connectivity index (χ0) is 14.5. The van der Waals surface area contributed by atoms with Gasteiger partial charge in [-0.2, -0.15) is 0 Å². The molecule has 0 bridgehead atoms. The number of nitrogen functional groups attached to an aromatic ring is 1. The first kappa shape index (κ1) is 13.7. The van der Waals surface area contributed by atoms with Gasteiger partial charge in [-0.05, 0) is 29.8 Å². The molecule has 0 aliphatic heterocycles. The highest BCUT2D eigenvalue weighted by Gasteiger charge is 2.06. The number of aromatic nitrogens is 1. The minimum atomic E-state index is -0.545. The fourth-order valence-electron chi connectivity index (χ4n) is 1.76. The number of anilines is 2. The summed E-state index contributed by atoms with van der Waals surface area (Å²) in [5.74, 6) is 0.0103. The number of ether oxygens (including phenoxy) is 1. The second kappa shape index (κ2) is 5.92. The molecular weight excluding hydrogens is 256 g/mol. The lowest BCUT2D eigenvalue weighted by molar-refractivity contribution is 0.100. The summed E-state index contributed by atoms with van der Waals surface area (Å²) in [7, 11) is 1.57. The Bertz CT molecular complexity index is 628. The van der Waals surface area contributed by atoms with Crippen molar-refractivity contribution in [2.24, 2.45) is 5.73 Å². The summed E-state index contributed by atoms with van der Waals surface area (Å²) in [5, 5.41) is 3.19. The third-order valence-electron chi connectivity index (χ3n) is 2.82. The van der Waals surface area contributed by atoms with Crippen molar-refractivity contribution in [1.82, 2.24) is 4.98 Å². The number of nitrogens with one attached hydrogen (secondary N) is 1. The second-order valence-corrected chi connectivity index (χ2v) is 4.23. The Balaban J connectivity index is 2.10. The molecule has 2 rings (SSSR count). The molecule has 0 aliphatic rings. The molecule has 5 N–H and O–H groups in total. The molecule has 0 saturated heterocycles. The predicted molar refractivity (Wildman–Crippen MR) is 77.5 cm³/mol. The summed E-state index contributed by atoms with van der Waals surface area (Å²) < 4.78 is 5.06. The third-order valence-corrected chi connectivity index (χ3v) is 2.82. The average molecular weight is 272 g/mol. The number of carbonyl (C=O) groups excluding carboxylic acids is 1. The first-order valence-corrected chi connectivity index (χ1v) is 6.02. The van der Waals surface area contributed by atoms with E-state index in [2.05, 4.69) is 10.3 Å². The number of benzene rings is 1. The number of hydrogen-bond acceptors (Lipinski definition) is 5. The normalized spacial score (nSPS) is 10.1. The van der Waals surface area contributed by atoms with E-state index in [0.717, 1.165) is 11.3 Å². The number of rotatable bonds is 5. The van der Waals surface area contributed by atoms with Crippen LogP contribution in [0.3, 0.4) is 0 Å². The number of hydrogen-bond donors (Lipinski definition) is 3. The van der Waals surface area contributed by atoms with E-state index in [0.29, 0.717) is 23.7 Å². The highest BCUT2D eigenvalue weighted by molar-refractivity contribution is 5.98. The lowest BCUT2D eigenvalue weighted by atomic mass is 10.1. The van der Waals surface area contributed by atoms with E-state index in [4.69, 9.17) is 16.2 Å². The Morgan fingerprint density at radius 3 is 2.85 bits per heavy atom. The monoisotopic (exact) mass is 272 g/mol. The van der Waals surface area contributed by atoms with Crippen LogP contribution in [0.4, 0.5) is 11.4 Å². The van der Waals surface area contributed by atoms with Gasteiger partial charge in [-0.1, -0.05) is 0 Å². The molecule has 1 amide bonds. The van der Waals surface area contributed by atoms with Gasteiger partial charge in [0.2, 0.25) is 5.88 Å². The number of amides is 1. The van der Waals surface area contributed by atoms with Crippen LogP contribution in [0.5, 0.6) is 5.88 Å². The van der Waals surface area contributed by atoms with Gasteiger partial charge in [0.25, 0.3) is 5.91 Å². The molecule has 6 heteroatoms. The molecule has 0 spiro atoms. The van der Waals surface area contributed by atoms with Gasteiger partial charge < -0.3 is 21.5 Å². The summed E-state index contributed by atoms with van der Waals surface area (Å²) in [4.78, 5) is 15.3. The molecule has 0 aliphatic carbocycles. The first-order chi connectivity index (χ1) is 9.60. The van der Waals surface area contributed by atoms with Crippen molar-refractivity contribution in [3.63, 3.8) is 0 Å². The molecule has 1 aromatic carbocycles. The molecule has 0 unspecified atom stereocenters.